The van der Waals surface area contributed by atoms with Crippen LogP contribution in [0.4, 0.5) is 0 Å². The molecular formula is C2HN5S. The number of nitrogens with zero attached hydrogens (tertiary/aromatic N) is 4. The van der Waals surface area contributed by atoms with Gasteiger partial charge in [-0.05, 0) is 12.2 Å². The SMILES string of the molecule is N=NC1=NC(=S)N=N1. The van der Waals surface area contributed by atoms with E-state index in [9.17, 15) is 0 Å². The summed E-state index contributed by atoms with van der Waals surface area (Å²) < 4.78 is 0. The maximum absolute atomic E-state index is 6.37. The Balaban J connectivity index is 2.87. The van der Waals surface area contributed by atoms with Crippen molar-refractivity contribution in [3.63, 3.8) is 0 Å². The molecule has 0 saturated heterocycles. The van der Waals surface area contributed by atoms with E-state index in [4.69, 9.17) is 5.53 Å². The molecule has 0 fully saturated rings. The number of rotatable bonds is 0. The molecule has 0 amide bonds. The minimum Gasteiger partial charge on any atom is -0.201 e. The topological polar surface area (TPSA) is 73.3 Å². The lowest BCUT2D eigenvalue weighted by Crippen LogP contribution is -1.79. The summed E-state index contributed by atoms with van der Waals surface area (Å²) in [4.78, 5) is 3.47. The molecule has 0 atom stereocenters. The van der Waals surface area contributed by atoms with Crippen LogP contribution in [0.5, 0.6) is 0 Å². The molecule has 0 bridgehead atoms. The highest BCUT2D eigenvalue weighted by Crippen LogP contribution is 1.98. The largest absolute Gasteiger partial charge is 0.289 e. The molecule has 6 heteroatoms. The third-order valence-electron chi connectivity index (χ3n) is 0.521. The fourth-order valence-electron chi connectivity index (χ4n) is 0.265. The molecule has 0 aliphatic carbocycles. The number of hydrogen-bond donors (Lipinski definition) is 1. The predicted octanol–water partition coefficient (Wildman–Crippen LogP) is 1.12. The Bertz CT molecular complexity index is 191. The second kappa shape index (κ2) is 1.83. The summed E-state index contributed by atoms with van der Waals surface area (Å²) in [6.07, 6.45) is 0. The van der Waals surface area contributed by atoms with Gasteiger partial charge >= 0.3 is 0 Å². The fourth-order valence-corrected chi connectivity index (χ4v) is 0.388. The summed E-state index contributed by atoms with van der Waals surface area (Å²) in [7, 11) is 0. The van der Waals surface area contributed by atoms with Gasteiger partial charge in [0.15, 0.2) is 0 Å². The smallest absolute Gasteiger partial charge is 0.201 e. The molecular weight excluding hydrogens is 126 g/mol. The minimum atomic E-state index is 0.0231. The van der Waals surface area contributed by atoms with Crippen LogP contribution in [0.25, 0.3) is 0 Å². The van der Waals surface area contributed by atoms with E-state index in [1.165, 1.54) is 0 Å². The third-order valence-corrected chi connectivity index (χ3v) is 0.694. The Kier molecular flexibility index (Phi) is 1.17. The second-order valence-corrected chi connectivity index (χ2v) is 1.37. The summed E-state index contributed by atoms with van der Waals surface area (Å²) >= 11 is 4.47. The van der Waals surface area contributed by atoms with Gasteiger partial charge in [-0.1, -0.05) is 0 Å². The van der Waals surface area contributed by atoms with E-state index in [2.05, 4.69) is 32.6 Å². The highest BCUT2D eigenvalue weighted by Gasteiger charge is 2.02. The van der Waals surface area contributed by atoms with Gasteiger partial charge in [-0.2, -0.15) is 4.99 Å². The van der Waals surface area contributed by atoms with Gasteiger partial charge < -0.3 is 0 Å². The lowest BCUT2D eigenvalue weighted by Gasteiger charge is -1.69. The summed E-state index contributed by atoms with van der Waals surface area (Å²) in [6.45, 7) is 0. The van der Waals surface area contributed by atoms with Gasteiger partial charge in [-0.3, -0.25) is 0 Å². The van der Waals surface area contributed by atoms with Crippen LogP contribution in [0.3, 0.4) is 0 Å². The average molecular weight is 127 g/mol. The number of guanidine groups is 1. The molecule has 0 saturated carbocycles. The van der Waals surface area contributed by atoms with Gasteiger partial charge in [-0.15, -0.1) is 15.3 Å². The lowest BCUT2D eigenvalue weighted by molar-refractivity contribution is 1.16. The maximum Gasteiger partial charge on any atom is 0.289 e. The standard InChI is InChI=1S/C2HN5S/c3-5-1-4-2(8)7-6-1/h3H. The molecule has 1 rings (SSSR count). The van der Waals surface area contributed by atoms with E-state index >= 15 is 0 Å². The zero-order chi connectivity index (χ0) is 5.98. The van der Waals surface area contributed by atoms with Crippen LogP contribution >= 0.6 is 12.2 Å². The van der Waals surface area contributed by atoms with Crippen LogP contribution in [0.2, 0.25) is 0 Å². The summed E-state index contributed by atoms with van der Waals surface area (Å²) in [5.74, 6) is 0.0231. The van der Waals surface area contributed by atoms with Crippen LogP contribution in [-0.2, 0) is 0 Å². The van der Waals surface area contributed by atoms with Crippen molar-refractivity contribution < 1.29 is 0 Å². The highest BCUT2D eigenvalue weighted by atomic mass is 32.1. The molecule has 0 spiro atoms. The van der Waals surface area contributed by atoms with Crippen molar-refractivity contribution in [2.45, 2.75) is 0 Å². The first kappa shape index (κ1) is 5.10. The average Bonchev–Trinajstić information content (AvgIpc) is 2.14. The van der Waals surface area contributed by atoms with Crippen molar-refractivity contribution >= 4 is 23.3 Å². The van der Waals surface area contributed by atoms with Gasteiger partial charge in [0.2, 0.25) is 5.11 Å². The van der Waals surface area contributed by atoms with Crippen LogP contribution in [-0.4, -0.2) is 11.1 Å². The second-order valence-electron chi connectivity index (χ2n) is 1.01. The normalized spacial score (nSPS) is 16.5. The zero-order valence-corrected chi connectivity index (χ0v) is 4.51. The van der Waals surface area contributed by atoms with E-state index in [-0.39, 0.29) is 11.1 Å². The first-order valence-corrected chi connectivity index (χ1v) is 2.15. The van der Waals surface area contributed by atoms with Gasteiger partial charge in [-0.25, -0.2) is 5.53 Å². The van der Waals surface area contributed by atoms with Crippen molar-refractivity contribution in [2.24, 2.45) is 20.3 Å². The molecule has 0 aromatic rings. The van der Waals surface area contributed by atoms with Gasteiger partial charge in [0.25, 0.3) is 5.96 Å². The van der Waals surface area contributed by atoms with Crippen molar-refractivity contribution in [1.82, 2.24) is 0 Å². The van der Waals surface area contributed by atoms with Crippen molar-refractivity contribution in [2.75, 3.05) is 0 Å². The summed E-state index contributed by atoms with van der Waals surface area (Å²) in [5.41, 5.74) is 6.37. The predicted molar refractivity (Wildman–Crippen MR) is 30.0 cm³/mol. The Morgan fingerprint density at radius 3 is 2.50 bits per heavy atom. The Labute approximate surface area is 50.0 Å². The van der Waals surface area contributed by atoms with Gasteiger partial charge in [0.05, 0.1) is 0 Å². The maximum atomic E-state index is 6.37. The molecule has 1 heterocycles. The highest BCUT2D eigenvalue weighted by molar-refractivity contribution is 7.80. The summed E-state index contributed by atoms with van der Waals surface area (Å²) in [5, 5.41) is 9.67. The molecule has 0 aromatic heterocycles. The first-order valence-electron chi connectivity index (χ1n) is 1.75. The molecule has 8 heavy (non-hydrogen) atoms. The van der Waals surface area contributed by atoms with Crippen LogP contribution in [0.1, 0.15) is 0 Å². The molecule has 0 aromatic carbocycles. The minimum absolute atomic E-state index is 0.0231. The first-order chi connectivity index (χ1) is 3.83. The Morgan fingerprint density at radius 1 is 1.50 bits per heavy atom. The molecule has 40 valence electrons. The number of aliphatic imine (C=N–C) groups is 1. The van der Waals surface area contributed by atoms with E-state index in [1.807, 2.05) is 0 Å². The van der Waals surface area contributed by atoms with Crippen LogP contribution in [0, 0.1) is 5.53 Å². The molecule has 1 N–H and O–H groups in total. The van der Waals surface area contributed by atoms with E-state index in [0.717, 1.165) is 0 Å². The fraction of sp³-hybridized carbons (Fsp3) is 0. The van der Waals surface area contributed by atoms with E-state index in [0.29, 0.717) is 0 Å². The Morgan fingerprint density at radius 2 is 2.25 bits per heavy atom. The number of hydrogen-bond acceptors (Lipinski definition) is 4. The van der Waals surface area contributed by atoms with Crippen molar-refractivity contribution in [3.05, 3.63) is 0 Å². The number of azo groups is 1. The third kappa shape index (κ3) is 0.784. The molecule has 1 aliphatic rings. The molecule has 0 unspecified atom stereocenters. The van der Waals surface area contributed by atoms with Gasteiger partial charge in [0, 0.05) is 0 Å². The van der Waals surface area contributed by atoms with E-state index in [1.54, 1.807) is 0 Å². The number of thiocarbonyl (C=S) groups is 1. The lowest BCUT2D eigenvalue weighted by atomic mass is 11.0. The molecule has 5 nitrogen and oxygen atoms in total. The molecule has 1 aliphatic heterocycles. The quantitative estimate of drug-likeness (QED) is 0.384. The summed E-state index contributed by atoms with van der Waals surface area (Å²) in [6, 6.07) is 0. The van der Waals surface area contributed by atoms with Crippen LogP contribution < -0.4 is 0 Å². The van der Waals surface area contributed by atoms with Crippen molar-refractivity contribution in [3.8, 4) is 0 Å². The zero-order valence-electron chi connectivity index (χ0n) is 3.70. The Hall–Kier alpha value is -1.04. The van der Waals surface area contributed by atoms with Crippen molar-refractivity contribution in [1.29, 1.82) is 5.53 Å². The van der Waals surface area contributed by atoms with Gasteiger partial charge in [0.1, 0.15) is 0 Å². The van der Waals surface area contributed by atoms with E-state index < -0.39 is 0 Å². The van der Waals surface area contributed by atoms with Crippen LogP contribution in [0.15, 0.2) is 20.3 Å². The molecule has 0 radical (unpaired) electrons. The monoisotopic (exact) mass is 127 g/mol. The number of nitrogens with one attached hydrogen (secondary N) is 1.